The number of carbonyl (C=O) groups is 2. The van der Waals surface area contributed by atoms with E-state index in [1.54, 1.807) is 16.7 Å². The van der Waals surface area contributed by atoms with Crippen molar-refractivity contribution in [2.45, 2.75) is 45.7 Å². The first-order valence-corrected chi connectivity index (χ1v) is 8.03. The Balaban J connectivity index is 2.77. The van der Waals surface area contributed by atoms with Crippen LogP contribution >= 0.6 is 11.8 Å². The summed E-state index contributed by atoms with van der Waals surface area (Å²) in [6.07, 6.45) is 0.947. The van der Waals surface area contributed by atoms with Crippen molar-refractivity contribution >= 4 is 23.8 Å². The average molecular weight is 288 g/mol. The SMILES string of the molecule is CCC(C)N(CC)C(=O)N1CCSCC1CC(=O)O. The molecule has 0 aromatic heterocycles. The van der Waals surface area contributed by atoms with Gasteiger partial charge in [-0.25, -0.2) is 4.79 Å². The van der Waals surface area contributed by atoms with Gasteiger partial charge in [-0.3, -0.25) is 4.79 Å². The first kappa shape index (κ1) is 16.1. The second kappa shape index (κ2) is 7.62. The lowest BCUT2D eigenvalue weighted by Gasteiger charge is -2.39. The van der Waals surface area contributed by atoms with E-state index in [-0.39, 0.29) is 24.5 Å². The van der Waals surface area contributed by atoms with Gasteiger partial charge < -0.3 is 14.9 Å². The number of urea groups is 1. The number of hydrogen-bond donors (Lipinski definition) is 1. The Labute approximate surface area is 119 Å². The number of rotatable bonds is 5. The molecule has 1 aliphatic heterocycles. The summed E-state index contributed by atoms with van der Waals surface area (Å²) in [4.78, 5) is 27.1. The van der Waals surface area contributed by atoms with E-state index in [1.807, 2.05) is 18.7 Å². The van der Waals surface area contributed by atoms with E-state index in [1.165, 1.54) is 0 Å². The Morgan fingerprint density at radius 1 is 1.47 bits per heavy atom. The molecule has 0 bridgehead atoms. The van der Waals surface area contributed by atoms with Crippen LogP contribution in [0.2, 0.25) is 0 Å². The van der Waals surface area contributed by atoms with Crippen molar-refractivity contribution in [2.24, 2.45) is 0 Å². The lowest BCUT2D eigenvalue weighted by Crippen LogP contribution is -2.54. The van der Waals surface area contributed by atoms with Gasteiger partial charge in [0.2, 0.25) is 0 Å². The van der Waals surface area contributed by atoms with Gasteiger partial charge in [0, 0.05) is 30.6 Å². The van der Waals surface area contributed by atoms with Gasteiger partial charge >= 0.3 is 12.0 Å². The molecule has 0 spiro atoms. The molecular weight excluding hydrogens is 264 g/mol. The van der Waals surface area contributed by atoms with Crippen molar-refractivity contribution in [3.63, 3.8) is 0 Å². The summed E-state index contributed by atoms with van der Waals surface area (Å²) in [5, 5.41) is 8.96. The van der Waals surface area contributed by atoms with Crippen LogP contribution in [0.5, 0.6) is 0 Å². The molecule has 1 aliphatic rings. The molecule has 5 nitrogen and oxygen atoms in total. The van der Waals surface area contributed by atoms with Crippen LogP contribution in [0, 0.1) is 0 Å². The maximum atomic E-state index is 12.6. The summed E-state index contributed by atoms with van der Waals surface area (Å²) in [6.45, 7) is 7.37. The number of nitrogens with zero attached hydrogens (tertiary/aromatic N) is 2. The van der Waals surface area contributed by atoms with E-state index in [0.29, 0.717) is 13.1 Å². The van der Waals surface area contributed by atoms with Crippen LogP contribution in [-0.4, -0.2) is 63.6 Å². The molecule has 110 valence electrons. The van der Waals surface area contributed by atoms with Gasteiger partial charge in [-0.05, 0) is 20.3 Å². The van der Waals surface area contributed by atoms with Crippen molar-refractivity contribution in [1.29, 1.82) is 0 Å². The van der Waals surface area contributed by atoms with Crippen molar-refractivity contribution in [3.05, 3.63) is 0 Å². The molecule has 6 heteroatoms. The average Bonchev–Trinajstić information content (AvgIpc) is 2.39. The second-order valence-electron chi connectivity index (χ2n) is 4.85. The zero-order valence-electron chi connectivity index (χ0n) is 12.0. The summed E-state index contributed by atoms with van der Waals surface area (Å²) in [6, 6.07) is 0.00261. The quantitative estimate of drug-likeness (QED) is 0.842. The minimum atomic E-state index is -0.836. The third-order valence-corrected chi connectivity index (χ3v) is 4.68. The first-order chi connectivity index (χ1) is 9.01. The number of carbonyl (C=O) groups excluding carboxylic acids is 1. The molecule has 0 aliphatic carbocycles. The third-order valence-electron chi connectivity index (χ3n) is 3.59. The summed E-state index contributed by atoms with van der Waals surface area (Å²) in [5.41, 5.74) is 0. The summed E-state index contributed by atoms with van der Waals surface area (Å²) in [5.74, 6) is 0.771. The topological polar surface area (TPSA) is 60.9 Å². The maximum absolute atomic E-state index is 12.6. The maximum Gasteiger partial charge on any atom is 0.320 e. The molecule has 2 unspecified atom stereocenters. The molecule has 1 N–H and O–H groups in total. The predicted octanol–water partition coefficient (Wildman–Crippen LogP) is 2.12. The summed E-state index contributed by atoms with van der Waals surface area (Å²) < 4.78 is 0. The molecule has 2 amide bonds. The highest BCUT2D eigenvalue weighted by Gasteiger charge is 2.32. The Hall–Kier alpha value is -0.910. The fourth-order valence-corrected chi connectivity index (χ4v) is 3.36. The Morgan fingerprint density at radius 3 is 2.68 bits per heavy atom. The Bertz CT molecular complexity index is 325. The van der Waals surface area contributed by atoms with Crippen LogP contribution in [0.15, 0.2) is 0 Å². The number of thioether (sulfide) groups is 1. The molecule has 1 fully saturated rings. The highest BCUT2D eigenvalue weighted by atomic mass is 32.2. The lowest BCUT2D eigenvalue weighted by atomic mass is 10.2. The second-order valence-corrected chi connectivity index (χ2v) is 6.00. The van der Waals surface area contributed by atoms with Crippen LogP contribution in [0.1, 0.15) is 33.6 Å². The van der Waals surface area contributed by atoms with Gasteiger partial charge in [0.25, 0.3) is 0 Å². The smallest absolute Gasteiger partial charge is 0.320 e. The van der Waals surface area contributed by atoms with Crippen LogP contribution in [-0.2, 0) is 4.79 Å². The van der Waals surface area contributed by atoms with E-state index in [0.717, 1.165) is 17.9 Å². The molecule has 1 saturated heterocycles. The lowest BCUT2D eigenvalue weighted by molar-refractivity contribution is -0.138. The van der Waals surface area contributed by atoms with Crippen LogP contribution in [0.4, 0.5) is 4.79 Å². The normalized spacial score (nSPS) is 21.0. The van der Waals surface area contributed by atoms with E-state index in [2.05, 4.69) is 6.92 Å². The molecular formula is C13H24N2O3S. The van der Waals surface area contributed by atoms with E-state index in [9.17, 15) is 9.59 Å². The van der Waals surface area contributed by atoms with Crippen molar-refractivity contribution < 1.29 is 14.7 Å². The fraction of sp³-hybridized carbons (Fsp3) is 0.846. The van der Waals surface area contributed by atoms with E-state index in [4.69, 9.17) is 5.11 Å². The number of carboxylic acid groups (broad SMARTS) is 1. The van der Waals surface area contributed by atoms with Gasteiger partial charge in [0.1, 0.15) is 0 Å². The third kappa shape index (κ3) is 4.30. The first-order valence-electron chi connectivity index (χ1n) is 6.88. The highest BCUT2D eigenvalue weighted by molar-refractivity contribution is 7.99. The van der Waals surface area contributed by atoms with Crippen molar-refractivity contribution in [2.75, 3.05) is 24.6 Å². The predicted molar refractivity (Wildman–Crippen MR) is 77.6 cm³/mol. The minimum absolute atomic E-state index is 0.0107. The van der Waals surface area contributed by atoms with Gasteiger partial charge in [-0.2, -0.15) is 11.8 Å². The zero-order chi connectivity index (χ0) is 14.4. The fourth-order valence-electron chi connectivity index (χ4n) is 2.30. The van der Waals surface area contributed by atoms with Gasteiger partial charge in [-0.1, -0.05) is 6.92 Å². The molecule has 0 aromatic carbocycles. The Morgan fingerprint density at radius 2 is 2.16 bits per heavy atom. The van der Waals surface area contributed by atoms with Crippen molar-refractivity contribution in [3.8, 4) is 0 Å². The zero-order valence-corrected chi connectivity index (χ0v) is 12.8. The van der Waals surface area contributed by atoms with Crippen LogP contribution in [0.25, 0.3) is 0 Å². The minimum Gasteiger partial charge on any atom is -0.481 e. The van der Waals surface area contributed by atoms with Gasteiger partial charge in [-0.15, -0.1) is 0 Å². The molecule has 0 radical (unpaired) electrons. The van der Waals surface area contributed by atoms with Gasteiger partial charge in [0.05, 0.1) is 12.5 Å². The van der Waals surface area contributed by atoms with E-state index >= 15 is 0 Å². The molecule has 0 saturated carbocycles. The number of carboxylic acids is 1. The van der Waals surface area contributed by atoms with Gasteiger partial charge in [0.15, 0.2) is 0 Å². The molecule has 1 rings (SSSR count). The molecule has 19 heavy (non-hydrogen) atoms. The number of amides is 2. The molecule has 0 aromatic rings. The summed E-state index contributed by atoms with van der Waals surface area (Å²) >= 11 is 1.72. The summed E-state index contributed by atoms with van der Waals surface area (Å²) in [7, 11) is 0. The molecule has 2 atom stereocenters. The Kier molecular flexibility index (Phi) is 6.48. The molecule has 1 heterocycles. The van der Waals surface area contributed by atoms with Crippen LogP contribution < -0.4 is 0 Å². The van der Waals surface area contributed by atoms with Crippen molar-refractivity contribution in [1.82, 2.24) is 9.80 Å². The standard InChI is InChI=1S/C13H24N2O3S/c1-4-10(3)14(5-2)13(18)15-6-7-19-9-11(15)8-12(16)17/h10-11H,4-9H2,1-3H3,(H,16,17). The van der Waals surface area contributed by atoms with Crippen LogP contribution in [0.3, 0.4) is 0 Å². The number of hydrogen-bond acceptors (Lipinski definition) is 3. The number of aliphatic carboxylic acids is 1. The largest absolute Gasteiger partial charge is 0.481 e. The monoisotopic (exact) mass is 288 g/mol. The van der Waals surface area contributed by atoms with E-state index < -0.39 is 5.97 Å². The highest BCUT2D eigenvalue weighted by Crippen LogP contribution is 2.21.